The second kappa shape index (κ2) is 7.76. The minimum Gasteiger partial charge on any atom is -0.362 e. The number of fused-ring (bicyclic) bond motifs is 1. The van der Waals surface area contributed by atoms with Gasteiger partial charge in [0.25, 0.3) is 11.8 Å². The van der Waals surface area contributed by atoms with Crippen molar-refractivity contribution in [3.05, 3.63) is 63.6 Å². The SMILES string of the molecule is O=C(CN1CCCc2ccccc21)NNC(=O)c1ccc(Cl)cc1Cl. The molecule has 7 heteroatoms. The van der Waals surface area contributed by atoms with Gasteiger partial charge < -0.3 is 4.90 Å². The van der Waals surface area contributed by atoms with Crippen LogP contribution in [0.25, 0.3) is 0 Å². The molecule has 2 N–H and O–H groups in total. The van der Waals surface area contributed by atoms with Crippen LogP contribution in [-0.4, -0.2) is 24.9 Å². The number of para-hydroxylation sites is 1. The van der Waals surface area contributed by atoms with Gasteiger partial charge in [0.2, 0.25) is 0 Å². The number of amides is 2. The number of halogens is 2. The van der Waals surface area contributed by atoms with Crippen LogP contribution in [0, 0.1) is 0 Å². The van der Waals surface area contributed by atoms with Gasteiger partial charge in [-0.15, -0.1) is 0 Å². The van der Waals surface area contributed by atoms with Crippen LogP contribution in [0.5, 0.6) is 0 Å². The van der Waals surface area contributed by atoms with Crippen molar-refractivity contribution in [2.24, 2.45) is 0 Å². The Morgan fingerprint density at radius 3 is 2.68 bits per heavy atom. The zero-order valence-electron chi connectivity index (χ0n) is 13.4. The molecule has 0 aromatic heterocycles. The highest BCUT2D eigenvalue weighted by atomic mass is 35.5. The summed E-state index contributed by atoms with van der Waals surface area (Å²) in [6.07, 6.45) is 2.01. The summed E-state index contributed by atoms with van der Waals surface area (Å²) in [6, 6.07) is 12.6. The number of carbonyl (C=O) groups is 2. The van der Waals surface area contributed by atoms with Crippen LogP contribution in [0.2, 0.25) is 10.0 Å². The molecule has 1 aliphatic heterocycles. The molecule has 3 rings (SSSR count). The maximum absolute atomic E-state index is 12.2. The number of nitrogens with one attached hydrogen (secondary N) is 2. The first kappa shape index (κ1) is 17.6. The van der Waals surface area contributed by atoms with Gasteiger partial charge in [-0.1, -0.05) is 41.4 Å². The molecule has 2 aromatic rings. The largest absolute Gasteiger partial charge is 0.362 e. The van der Waals surface area contributed by atoms with Gasteiger partial charge in [-0.3, -0.25) is 20.4 Å². The Bertz CT molecular complexity index is 811. The Kier molecular flexibility index (Phi) is 5.46. The molecule has 0 saturated carbocycles. The van der Waals surface area contributed by atoms with Gasteiger partial charge in [0.1, 0.15) is 0 Å². The van der Waals surface area contributed by atoms with Crippen LogP contribution in [-0.2, 0) is 11.2 Å². The van der Waals surface area contributed by atoms with E-state index < -0.39 is 5.91 Å². The number of hydrazine groups is 1. The average molecular weight is 378 g/mol. The van der Waals surface area contributed by atoms with E-state index in [-0.39, 0.29) is 23.0 Å². The molecule has 0 spiro atoms. The Morgan fingerprint density at radius 1 is 1.08 bits per heavy atom. The van der Waals surface area contributed by atoms with Gasteiger partial charge in [-0.05, 0) is 42.7 Å². The second-order valence-corrected chi connectivity index (χ2v) is 6.62. The van der Waals surface area contributed by atoms with Crippen LogP contribution >= 0.6 is 23.2 Å². The van der Waals surface area contributed by atoms with Gasteiger partial charge in [-0.2, -0.15) is 0 Å². The molecule has 2 aromatic carbocycles. The molecule has 130 valence electrons. The van der Waals surface area contributed by atoms with Gasteiger partial charge in [-0.25, -0.2) is 0 Å². The zero-order chi connectivity index (χ0) is 17.8. The lowest BCUT2D eigenvalue weighted by molar-refractivity contribution is -0.120. The minimum absolute atomic E-state index is 0.172. The van der Waals surface area contributed by atoms with E-state index in [1.807, 2.05) is 23.1 Å². The molecule has 0 radical (unpaired) electrons. The van der Waals surface area contributed by atoms with Crippen LogP contribution < -0.4 is 15.8 Å². The van der Waals surface area contributed by atoms with E-state index in [1.165, 1.54) is 17.7 Å². The Morgan fingerprint density at radius 2 is 1.88 bits per heavy atom. The first-order valence-electron chi connectivity index (χ1n) is 7.91. The summed E-state index contributed by atoms with van der Waals surface area (Å²) in [7, 11) is 0. The lowest BCUT2D eigenvalue weighted by atomic mass is 10.0. The number of nitrogens with zero attached hydrogens (tertiary/aromatic N) is 1. The molecule has 1 heterocycles. The number of benzene rings is 2. The fourth-order valence-electron chi connectivity index (χ4n) is 2.86. The normalized spacial score (nSPS) is 13.1. The monoisotopic (exact) mass is 377 g/mol. The predicted octanol–water partition coefficient (Wildman–Crippen LogP) is 3.21. The summed E-state index contributed by atoms with van der Waals surface area (Å²) in [4.78, 5) is 26.3. The zero-order valence-corrected chi connectivity index (χ0v) is 14.9. The Labute approximate surface area is 155 Å². The number of aryl methyl sites for hydroxylation is 1. The average Bonchev–Trinajstić information content (AvgIpc) is 2.60. The summed E-state index contributed by atoms with van der Waals surface area (Å²) in [6.45, 7) is 0.979. The number of anilines is 1. The lowest BCUT2D eigenvalue weighted by Crippen LogP contribution is -2.47. The molecule has 0 saturated heterocycles. The van der Waals surface area contributed by atoms with E-state index in [2.05, 4.69) is 16.9 Å². The van der Waals surface area contributed by atoms with Crippen LogP contribution in [0.15, 0.2) is 42.5 Å². The van der Waals surface area contributed by atoms with Crippen LogP contribution in [0.3, 0.4) is 0 Å². The summed E-state index contributed by atoms with van der Waals surface area (Å²) < 4.78 is 0. The topological polar surface area (TPSA) is 61.4 Å². The number of carbonyl (C=O) groups excluding carboxylic acids is 2. The van der Waals surface area contributed by atoms with Crippen LogP contribution in [0.4, 0.5) is 5.69 Å². The van der Waals surface area contributed by atoms with E-state index in [0.717, 1.165) is 25.1 Å². The van der Waals surface area contributed by atoms with E-state index in [4.69, 9.17) is 23.2 Å². The molecular formula is C18H17Cl2N3O2. The number of rotatable bonds is 3. The highest BCUT2D eigenvalue weighted by Crippen LogP contribution is 2.26. The van der Waals surface area contributed by atoms with Crippen molar-refractivity contribution in [1.82, 2.24) is 10.9 Å². The molecule has 1 aliphatic rings. The fourth-order valence-corrected chi connectivity index (χ4v) is 3.35. The predicted molar refractivity (Wildman–Crippen MR) is 99.0 cm³/mol. The fraction of sp³-hybridized carbons (Fsp3) is 0.222. The molecule has 2 amide bonds. The molecule has 0 bridgehead atoms. The number of hydrogen-bond donors (Lipinski definition) is 2. The van der Waals surface area contributed by atoms with Crippen molar-refractivity contribution >= 4 is 40.7 Å². The first-order chi connectivity index (χ1) is 12.0. The molecule has 0 atom stereocenters. The molecular weight excluding hydrogens is 361 g/mol. The standard InChI is InChI=1S/C18H17Cl2N3O2/c19-13-7-8-14(15(20)10-13)18(25)22-21-17(24)11-23-9-3-5-12-4-1-2-6-16(12)23/h1-2,4,6-8,10H,3,5,9,11H2,(H,21,24)(H,22,25). The van der Waals surface area contributed by atoms with E-state index in [1.54, 1.807) is 6.07 Å². The third kappa shape index (κ3) is 4.24. The quantitative estimate of drug-likeness (QED) is 0.807. The second-order valence-electron chi connectivity index (χ2n) is 5.78. The highest BCUT2D eigenvalue weighted by molar-refractivity contribution is 6.36. The third-order valence-corrected chi connectivity index (χ3v) is 4.58. The first-order valence-corrected chi connectivity index (χ1v) is 8.67. The molecule has 25 heavy (non-hydrogen) atoms. The van der Waals surface area contributed by atoms with Crippen molar-refractivity contribution in [2.75, 3.05) is 18.0 Å². The molecule has 0 aliphatic carbocycles. The van der Waals surface area contributed by atoms with Gasteiger partial charge in [0.15, 0.2) is 0 Å². The van der Waals surface area contributed by atoms with Crippen molar-refractivity contribution < 1.29 is 9.59 Å². The lowest BCUT2D eigenvalue weighted by Gasteiger charge is -2.30. The molecule has 0 unspecified atom stereocenters. The summed E-state index contributed by atoms with van der Waals surface area (Å²) in [5, 5.41) is 0.665. The Hall–Kier alpha value is -2.24. The van der Waals surface area contributed by atoms with Gasteiger partial charge in [0, 0.05) is 17.3 Å². The van der Waals surface area contributed by atoms with Crippen molar-refractivity contribution in [3.63, 3.8) is 0 Å². The van der Waals surface area contributed by atoms with Crippen molar-refractivity contribution in [3.8, 4) is 0 Å². The maximum Gasteiger partial charge on any atom is 0.271 e. The van der Waals surface area contributed by atoms with E-state index in [0.29, 0.717) is 5.02 Å². The number of hydrogen-bond acceptors (Lipinski definition) is 3. The van der Waals surface area contributed by atoms with Crippen LogP contribution in [0.1, 0.15) is 22.3 Å². The minimum atomic E-state index is -0.492. The summed E-state index contributed by atoms with van der Waals surface area (Å²) in [5.41, 5.74) is 7.35. The van der Waals surface area contributed by atoms with Crippen molar-refractivity contribution in [2.45, 2.75) is 12.8 Å². The Balaban J connectivity index is 1.58. The highest BCUT2D eigenvalue weighted by Gasteiger charge is 2.19. The maximum atomic E-state index is 12.2. The van der Waals surface area contributed by atoms with E-state index >= 15 is 0 Å². The van der Waals surface area contributed by atoms with Crippen molar-refractivity contribution in [1.29, 1.82) is 0 Å². The molecule has 5 nitrogen and oxygen atoms in total. The third-order valence-electron chi connectivity index (χ3n) is 4.03. The smallest absolute Gasteiger partial charge is 0.271 e. The van der Waals surface area contributed by atoms with E-state index in [9.17, 15) is 9.59 Å². The van der Waals surface area contributed by atoms with Gasteiger partial charge >= 0.3 is 0 Å². The van der Waals surface area contributed by atoms with Gasteiger partial charge in [0.05, 0.1) is 17.1 Å². The summed E-state index contributed by atoms with van der Waals surface area (Å²) in [5.74, 6) is -0.788. The molecule has 0 fully saturated rings. The summed E-state index contributed by atoms with van der Waals surface area (Å²) >= 11 is 11.8.